The lowest BCUT2D eigenvalue weighted by Crippen LogP contribution is -2.09. The van der Waals surface area contributed by atoms with Crippen molar-refractivity contribution in [3.8, 4) is 11.5 Å². The van der Waals surface area contributed by atoms with Gasteiger partial charge in [0.2, 0.25) is 0 Å². The lowest BCUT2D eigenvalue weighted by Gasteiger charge is -2.20. The van der Waals surface area contributed by atoms with Gasteiger partial charge in [-0.15, -0.1) is 0 Å². The number of esters is 2. The summed E-state index contributed by atoms with van der Waals surface area (Å²) < 4.78 is 21.3. The number of methoxy groups -OCH3 is 4. The van der Waals surface area contributed by atoms with E-state index in [-0.39, 0.29) is 11.1 Å². The predicted molar refractivity (Wildman–Crippen MR) is 153 cm³/mol. The van der Waals surface area contributed by atoms with Crippen molar-refractivity contribution >= 4 is 40.7 Å². The fraction of sp³-hybridized carbons (Fsp3) is 0.467. The van der Waals surface area contributed by atoms with E-state index >= 15 is 0 Å². The lowest BCUT2D eigenvalue weighted by molar-refractivity contribution is 0.0588. The first-order valence-corrected chi connectivity index (χ1v) is 13.7. The maximum atomic E-state index is 12.6. The van der Waals surface area contributed by atoms with E-state index < -0.39 is 11.9 Å². The fourth-order valence-electron chi connectivity index (χ4n) is 4.44. The van der Waals surface area contributed by atoms with E-state index in [1.54, 1.807) is 12.1 Å². The Morgan fingerprint density at radius 1 is 0.658 bits per heavy atom. The summed E-state index contributed by atoms with van der Waals surface area (Å²) in [4.78, 5) is 25.1. The largest absolute Gasteiger partial charge is 0.495 e. The summed E-state index contributed by atoms with van der Waals surface area (Å²) >= 11 is 12.9. The van der Waals surface area contributed by atoms with Gasteiger partial charge in [-0.2, -0.15) is 0 Å². The van der Waals surface area contributed by atoms with Gasteiger partial charge in [0, 0.05) is 21.2 Å². The molecule has 2 rings (SSSR count). The summed E-state index contributed by atoms with van der Waals surface area (Å²) in [6, 6.07) is 6.43. The van der Waals surface area contributed by atoms with Crippen molar-refractivity contribution in [1.29, 1.82) is 0 Å². The molecule has 0 fully saturated rings. The van der Waals surface area contributed by atoms with E-state index in [1.807, 2.05) is 6.08 Å². The summed E-state index contributed by atoms with van der Waals surface area (Å²) in [6.45, 7) is 2.22. The second-order valence-electron chi connectivity index (χ2n) is 8.93. The minimum absolute atomic E-state index is 0.185. The average molecular weight is 566 g/mol. The van der Waals surface area contributed by atoms with E-state index in [2.05, 4.69) is 6.92 Å². The molecule has 0 aliphatic rings. The van der Waals surface area contributed by atoms with Crippen LogP contribution in [0.2, 0.25) is 10.0 Å². The van der Waals surface area contributed by atoms with Crippen LogP contribution < -0.4 is 9.47 Å². The van der Waals surface area contributed by atoms with Gasteiger partial charge in [-0.05, 0) is 42.7 Å². The molecule has 6 nitrogen and oxygen atoms in total. The van der Waals surface area contributed by atoms with Gasteiger partial charge in [-0.1, -0.05) is 81.1 Å². The van der Waals surface area contributed by atoms with E-state index in [1.165, 1.54) is 79.1 Å². The number of ether oxygens (including phenoxy) is 4. The van der Waals surface area contributed by atoms with Gasteiger partial charge in [0.05, 0.1) is 28.4 Å². The minimum atomic E-state index is -0.582. The molecule has 0 N–H and O–H groups in total. The standard InChI is InChI=1S/C30H38Cl2O6/c1-6-7-8-9-10-11-12-13-14-15-22(23-16-20(31)18-25(27(23)35-2)29(33)37-4)24-17-21(32)19-26(28(24)36-3)30(34)38-5/h15-19H,6-14H2,1-5H3. The normalized spacial score (nSPS) is 10.6. The zero-order valence-electron chi connectivity index (χ0n) is 23.0. The second-order valence-corrected chi connectivity index (χ2v) is 9.81. The van der Waals surface area contributed by atoms with Crippen LogP contribution in [0.5, 0.6) is 11.5 Å². The summed E-state index contributed by atoms with van der Waals surface area (Å²) in [5.74, 6) is -0.571. The Morgan fingerprint density at radius 3 is 1.45 bits per heavy atom. The number of rotatable bonds is 15. The van der Waals surface area contributed by atoms with Crippen molar-refractivity contribution in [2.45, 2.75) is 64.7 Å². The molecule has 0 aromatic heterocycles. The molecule has 0 aliphatic heterocycles. The highest BCUT2D eigenvalue weighted by molar-refractivity contribution is 6.32. The Hall–Kier alpha value is -2.70. The monoisotopic (exact) mass is 564 g/mol. The number of hydrogen-bond acceptors (Lipinski definition) is 6. The molecule has 0 radical (unpaired) electrons. The van der Waals surface area contributed by atoms with Crippen molar-refractivity contribution in [3.05, 3.63) is 62.6 Å². The number of carbonyl (C=O) groups is 2. The van der Waals surface area contributed by atoms with Crippen LogP contribution in [0.15, 0.2) is 30.3 Å². The van der Waals surface area contributed by atoms with Gasteiger partial charge in [-0.3, -0.25) is 0 Å². The highest BCUT2D eigenvalue weighted by atomic mass is 35.5. The van der Waals surface area contributed by atoms with Crippen LogP contribution in [-0.2, 0) is 9.47 Å². The van der Waals surface area contributed by atoms with Crippen LogP contribution in [-0.4, -0.2) is 40.4 Å². The van der Waals surface area contributed by atoms with Crippen LogP contribution in [0.3, 0.4) is 0 Å². The molecule has 38 heavy (non-hydrogen) atoms. The number of halogens is 2. The zero-order chi connectivity index (χ0) is 28.1. The summed E-state index contributed by atoms with van der Waals surface area (Å²) in [5, 5.41) is 0.654. The number of hydrogen-bond donors (Lipinski definition) is 0. The molecule has 0 atom stereocenters. The van der Waals surface area contributed by atoms with Crippen LogP contribution in [0.1, 0.15) is 96.6 Å². The maximum absolute atomic E-state index is 12.6. The van der Waals surface area contributed by atoms with Gasteiger partial charge in [0.25, 0.3) is 0 Å². The molecular formula is C30H38Cl2O6. The molecule has 2 aromatic rings. The molecule has 208 valence electrons. The third-order valence-electron chi connectivity index (χ3n) is 6.31. The van der Waals surface area contributed by atoms with Gasteiger partial charge < -0.3 is 18.9 Å². The van der Waals surface area contributed by atoms with Crippen LogP contribution in [0.25, 0.3) is 5.57 Å². The van der Waals surface area contributed by atoms with E-state index in [0.717, 1.165) is 19.3 Å². The zero-order valence-corrected chi connectivity index (χ0v) is 24.5. The van der Waals surface area contributed by atoms with Crippen molar-refractivity contribution in [1.82, 2.24) is 0 Å². The molecule has 2 aromatic carbocycles. The highest BCUT2D eigenvalue weighted by Gasteiger charge is 2.25. The third kappa shape index (κ3) is 8.40. The molecule has 0 heterocycles. The first-order chi connectivity index (χ1) is 18.3. The van der Waals surface area contributed by atoms with E-state index in [4.69, 9.17) is 42.1 Å². The van der Waals surface area contributed by atoms with Crippen molar-refractivity contribution in [2.24, 2.45) is 0 Å². The highest BCUT2D eigenvalue weighted by Crippen LogP contribution is 2.42. The minimum Gasteiger partial charge on any atom is -0.495 e. The molecular weight excluding hydrogens is 527 g/mol. The van der Waals surface area contributed by atoms with E-state index in [0.29, 0.717) is 38.2 Å². The van der Waals surface area contributed by atoms with Crippen molar-refractivity contribution in [2.75, 3.05) is 28.4 Å². The smallest absolute Gasteiger partial charge is 0.341 e. The Bertz CT molecular complexity index is 1050. The molecule has 0 saturated heterocycles. The van der Waals surface area contributed by atoms with Gasteiger partial charge in [0.15, 0.2) is 0 Å². The number of carbonyl (C=O) groups excluding carboxylic acids is 2. The number of benzene rings is 2. The molecule has 0 aliphatic carbocycles. The fourth-order valence-corrected chi connectivity index (χ4v) is 4.88. The van der Waals surface area contributed by atoms with Gasteiger partial charge in [-0.25, -0.2) is 9.59 Å². The van der Waals surface area contributed by atoms with Crippen LogP contribution in [0.4, 0.5) is 0 Å². The Balaban J connectivity index is 2.59. The molecule has 8 heteroatoms. The van der Waals surface area contributed by atoms with E-state index in [9.17, 15) is 9.59 Å². The van der Waals surface area contributed by atoms with Crippen LogP contribution in [0, 0.1) is 0 Å². The summed E-state index contributed by atoms with van der Waals surface area (Å²) in [6.07, 6.45) is 12.3. The Morgan fingerprint density at radius 2 is 1.05 bits per heavy atom. The van der Waals surface area contributed by atoms with Crippen molar-refractivity contribution < 1.29 is 28.5 Å². The number of allylic oxidation sites excluding steroid dienone is 1. The van der Waals surface area contributed by atoms with Gasteiger partial charge in [0.1, 0.15) is 22.6 Å². The van der Waals surface area contributed by atoms with Crippen LogP contribution >= 0.6 is 23.2 Å². The quantitative estimate of drug-likeness (QED) is 0.159. The molecule has 0 amide bonds. The van der Waals surface area contributed by atoms with Crippen molar-refractivity contribution in [3.63, 3.8) is 0 Å². The molecule has 0 unspecified atom stereocenters. The Labute approximate surface area is 236 Å². The second kappa shape index (κ2) is 16.3. The topological polar surface area (TPSA) is 71.1 Å². The SMILES string of the molecule is CCCCCCCCCCC=C(c1cc(Cl)cc(C(=O)OC)c1OC)c1cc(Cl)cc(C(=O)OC)c1OC. The third-order valence-corrected chi connectivity index (χ3v) is 6.75. The molecule has 0 bridgehead atoms. The molecule has 0 spiro atoms. The Kier molecular flexibility index (Phi) is 13.5. The first-order valence-electron chi connectivity index (χ1n) is 12.9. The summed E-state index contributed by atoms with van der Waals surface area (Å²) in [7, 11) is 5.54. The lowest BCUT2D eigenvalue weighted by atomic mass is 9.91. The summed E-state index contributed by atoms with van der Waals surface area (Å²) in [5.41, 5.74) is 2.14. The molecule has 0 saturated carbocycles. The average Bonchev–Trinajstić information content (AvgIpc) is 2.92. The number of unbranched alkanes of at least 4 members (excludes halogenated alkanes) is 8. The first kappa shape index (κ1) is 31.5. The predicted octanol–water partition coefficient (Wildman–Crippen LogP) is 8.55. The maximum Gasteiger partial charge on any atom is 0.341 e. The van der Waals surface area contributed by atoms with Gasteiger partial charge >= 0.3 is 11.9 Å².